The summed E-state index contributed by atoms with van der Waals surface area (Å²) in [5, 5.41) is 0. The van der Waals surface area contributed by atoms with Gasteiger partial charge in [-0.05, 0) is 26.0 Å². The van der Waals surface area contributed by atoms with E-state index in [1.54, 1.807) is 6.07 Å². The normalized spacial score (nSPS) is 12.4. The third kappa shape index (κ3) is 15.7. The minimum Gasteiger partial charge on any atom is -0.493 e. The first-order valence-electron chi connectivity index (χ1n) is 28.9. The highest BCUT2D eigenvalue weighted by molar-refractivity contribution is 7.53. The van der Waals surface area contributed by atoms with Gasteiger partial charge in [0.2, 0.25) is 0 Å². The second-order valence-electron chi connectivity index (χ2n) is 23.3. The zero-order valence-electron chi connectivity index (χ0n) is 49.9. The molecular formula is C73H81B2N2O5P. The van der Waals surface area contributed by atoms with Crippen LogP contribution in [0.2, 0.25) is 0 Å². The molecule has 0 aromatic heterocycles. The van der Waals surface area contributed by atoms with Crippen LogP contribution in [0, 0.1) is 0 Å². The molecule has 7 nitrogen and oxygen atoms in total. The van der Waals surface area contributed by atoms with E-state index in [0.29, 0.717) is 29.2 Å². The summed E-state index contributed by atoms with van der Waals surface area (Å²) in [4.78, 5) is 0. The smallest absolute Gasteiger partial charge is 0.376 e. The van der Waals surface area contributed by atoms with E-state index < -0.39 is 19.9 Å². The van der Waals surface area contributed by atoms with Crippen molar-refractivity contribution >= 4 is 75.0 Å². The molecule has 0 aliphatic heterocycles. The van der Waals surface area contributed by atoms with Gasteiger partial charge < -0.3 is 14.0 Å². The molecule has 1 unspecified atom stereocenters. The lowest BCUT2D eigenvalue weighted by molar-refractivity contribution is 0.212. The first-order valence-corrected chi connectivity index (χ1v) is 30.8. The van der Waals surface area contributed by atoms with Gasteiger partial charge in [-0.3, -0.25) is 13.5 Å². The maximum atomic E-state index is 12.7. The fourth-order valence-corrected chi connectivity index (χ4v) is 12.6. The molecule has 0 saturated heterocycles. The third-order valence-electron chi connectivity index (χ3n) is 15.1. The van der Waals surface area contributed by atoms with Crippen LogP contribution in [0.4, 0.5) is 11.4 Å². The zero-order chi connectivity index (χ0) is 58.8. The average Bonchev–Trinajstić information content (AvgIpc) is 1.40. The minimum atomic E-state index is -3.23. The van der Waals surface area contributed by atoms with Crippen LogP contribution < -0.4 is 66.7 Å². The lowest BCUT2D eigenvalue weighted by atomic mass is 9.13. The van der Waals surface area contributed by atoms with Gasteiger partial charge >= 0.3 is 7.60 Å². The van der Waals surface area contributed by atoms with Crippen LogP contribution in [0.1, 0.15) is 20.3 Å². The Balaban J connectivity index is 0.000000165. The van der Waals surface area contributed by atoms with E-state index in [4.69, 9.17) is 18.5 Å². The molecule has 0 spiro atoms. The molecule has 0 N–H and O–H groups in total. The molecule has 10 rings (SSSR count). The van der Waals surface area contributed by atoms with Crippen LogP contribution in [0.3, 0.4) is 0 Å². The maximum Gasteiger partial charge on any atom is 0.376 e. The van der Waals surface area contributed by atoms with Crippen LogP contribution in [-0.4, -0.2) is 80.6 Å². The van der Waals surface area contributed by atoms with Crippen molar-refractivity contribution in [3.8, 4) is 17.2 Å². The van der Waals surface area contributed by atoms with Gasteiger partial charge in [0, 0.05) is 37.4 Å². The van der Waals surface area contributed by atoms with Gasteiger partial charge in [-0.2, -0.15) is 43.7 Å². The molecule has 0 amide bonds. The van der Waals surface area contributed by atoms with Crippen molar-refractivity contribution in [2.75, 3.05) is 62.2 Å². The Hall–Kier alpha value is -8.16. The van der Waals surface area contributed by atoms with Crippen molar-refractivity contribution < 1.29 is 23.1 Å². The van der Waals surface area contributed by atoms with E-state index in [9.17, 15) is 4.57 Å². The lowest BCUT2D eigenvalue weighted by Gasteiger charge is -2.44. The number of rotatable bonds is 20. The van der Waals surface area contributed by atoms with Crippen molar-refractivity contribution in [3.05, 3.63) is 285 Å². The molecule has 0 heterocycles. The fourth-order valence-electron chi connectivity index (χ4n) is 11.3. The topological polar surface area (TPSA) is 54.0 Å². The molecule has 10 heteroatoms. The van der Waals surface area contributed by atoms with E-state index in [1.807, 2.05) is 38.1 Å². The molecule has 0 aliphatic rings. The lowest BCUT2D eigenvalue weighted by Crippen LogP contribution is -2.74. The second kappa shape index (κ2) is 28.2. The molecule has 0 aliphatic carbocycles. The molecule has 0 radical (unpaired) electrons. The SMILES string of the molecule is CC(C)OP(C)(=O)Oc1cc(OCCCOc2cccc([N+](C)(C)C)c2)cc([N+](C)(C)C)c1.c1ccc([B-](c2ccccc2)(c2ccccc2)c2ccccc2)cc1.c1ccc([B-](c2ccccc2)(c2ccccc2)c2ccccc2)cc1. The quantitative estimate of drug-likeness (QED) is 0.0329. The Bertz CT molecular complexity index is 3080. The standard InChI is InChI=1S/C25H41N2O5P.2C24H20B/c1-20(2)31-33(9,28)32-25-18-22(27(6,7)8)17-24(19-25)30-15-11-14-29-23-13-10-12-21(16-23)26(3,4)5;2*1-5-13-21(14-6-1)25(22-15-7-2-8-16-22,23-17-9-3-10-18-23)24-19-11-4-12-20-24/h10,12-13,16-20H,11,14-15H2,1-9H3;2*1-20H/q+2;2*-1. The molecule has 10 aromatic carbocycles. The third-order valence-corrected chi connectivity index (χ3v) is 16.5. The van der Waals surface area contributed by atoms with Crippen LogP contribution >= 0.6 is 7.60 Å². The number of hydrogen-bond acceptors (Lipinski definition) is 5. The van der Waals surface area contributed by atoms with Gasteiger partial charge in [-0.25, -0.2) is 4.57 Å². The minimum absolute atomic E-state index is 0.193. The molecule has 0 fully saturated rings. The van der Waals surface area contributed by atoms with E-state index in [2.05, 4.69) is 297 Å². The average molecular weight is 1120 g/mol. The van der Waals surface area contributed by atoms with E-state index >= 15 is 0 Å². The Morgan fingerprint density at radius 3 is 0.916 bits per heavy atom. The Morgan fingerprint density at radius 2 is 0.627 bits per heavy atom. The number of quaternary nitrogens is 2. The van der Waals surface area contributed by atoms with Gasteiger partial charge in [-0.1, -0.05) is 249 Å². The summed E-state index contributed by atoms with van der Waals surface area (Å²) < 4.78 is 37.1. The molecule has 424 valence electrons. The molecule has 0 bridgehead atoms. The first kappa shape index (κ1) is 60.9. The van der Waals surface area contributed by atoms with Gasteiger partial charge in [-0.15, -0.1) is 0 Å². The van der Waals surface area contributed by atoms with Crippen LogP contribution in [-0.2, 0) is 9.09 Å². The number of hydrogen-bond donors (Lipinski definition) is 0. The Morgan fingerprint density at radius 1 is 0.349 bits per heavy atom. The summed E-state index contributed by atoms with van der Waals surface area (Å²) in [5.74, 6) is 1.98. The molecule has 83 heavy (non-hydrogen) atoms. The van der Waals surface area contributed by atoms with Crippen molar-refractivity contribution in [3.63, 3.8) is 0 Å². The van der Waals surface area contributed by atoms with Crippen molar-refractivity contribution in [2.45, 2.75) is 26.4 Å². The summed E-state index contributed by atoms with van der Waals surface area (Å²) in [6.45, 7) is 6.18. The molecular weight excluding hydrogens is 1040 g/mol. The summed E-state index contributed by atoms with van der Waals surface area (Å²) in [5.41, 5.74) is 12.9. The molecule has 10 aromatic rings. The van der Waals surface area contributed by atoms with Crippen LogP contribution in [0.25, 0.3) is 0 Å². The number of benzene rings is 10. The predicted octanol–water partition coefficient (Wildman–Crippen LogP) is 11.7. The van der Waals surface area contributed by atoms with E-state index in [0.717, 1.165) is 22.3 Å². The van der Waals surface area contributed by atoms with E-state index in [1.165, 1.54) is 56.1 Å². The van der Waals surface area contributed by atoms with Crippen molar-refractivity contribution in [1.82, 2.24) is 8.97 Å². The highest BCUT2D eigenvalue weighted by atomic mass is 31.2. The summed E-state index contributed by atoms with van der Waals surface area (Å²) in [7, 11) is 9.31. The number of nitrogens with zero attached hydrogens (tertiary/aromatic N) is 2. The summed E-state index contributed by atoms with van der Waals surface area (Å²) in [6, 6.07) is 101. The highest BCUT2D eigenvalue weighted by Crippen LogP contribution is 2.47. The van der Waals surface area contributed by atoms with Crippen LogP contribution in [0.5, 0.6) is 17.2 Å². The zero-order valence-corrected chi connectivity index (χ0v) is 50.8. The highest BCUT2D eigenvalue weighted by Gasteiger charge is 2.33. The van der Waals surface area contributed by atoms with Gasteiger partial charge in [0.05, 0.1) is 61.6 Å². The van der Waals surface area contributed by atoms with E-state index in [-0.39, 0.29) is 6.10 Å². The molecule has 0 saturated carbocycles. The van der Waals surface area contributed by atoms with Crippen molar-refractivity contribution in [2.24, 2.45) is 0 Å². The summed E-state index contributed by atoms with van der Waals surface area (Å²) >= 11 is 0. The fraction of sp³-hybridized carbons (Fsp3) is 0.178. The Kier molecular flexibility index (Phi) is 20.7. The Labute approximate surface area is 495 Å². The number of ether oxygens (including phenoxy) is 2. The summed E-state index contributed by atoms with van der Waals surface area (Å²) in [6.07, 6.45) is -1.90. The van der Waals surface area contributed by atoms with Crippen LogP contribution in [0.15, 0.2) is 285 Å². The maximum absolute atomic E-state index is 12.7. The second-order valence-corrected chi connectivity index (χ2v) is 25.2. The molecule has 1 atom stereocenters. The predicted molar refractivity (Wildman–Crippen MR) is 358 cm³/mol. The van der Waals surface area contributed by atoms with Gasteiger partial charge in [0.25, 0.3) is 0 Å². The first-order chi connectivity index (χ1) is 40.0. The largest absolute Gasteiger partial charge is 0.493 e. The van der Waals surface area contributed by atoms with Gasteiger partial charge in [0.15, 0.2) is 0 Å². The van der Waals surface area contributed by atoms with Gasteiger partial charge in [0.1, 0.15) is 40.9 Å². The monoisotopic (exact) mass is 1120 g/mol. The van der Waals surface area contributed by atoms with Crippen molar-refractivity contribution in [1.29, 1.82) is 0 Å².